The summed E-state index contributed by atoms with van der Waals surface area (Å²) in [5.74, 6) is 0.118. The van der Waals surface area contributed by atoms with Crippen molar-refractivity contribution in [3.8, 4) is 5.75 Å². The van der Waals surface area contributed by atoms with Crippen LogP contribution in [0.3, 0.4) is 0 Å². The first-order valence-corrected chi connectivity index (χ1v) is 8.90. The van der Waals surface area contributed by atoms with Crippen molar-refractivity contribution in [2.45, 2.75) is 18.9 Å². The number of methoxy groups -OCH3 is 1. The average molecular weight is 374 g/mol. The smallest absolute Gasteiger partial charge is 0.241 e. The quantitative estimate of drug-likeness (QED) is 0.786. The van der Waals surface area contributed by atoms with Gasteiger partial charge in [0.1, 0.15) is 12.3 Å². The third-order valence-electron chi connectivity index (χ3n) is 4.61. The number of imide groups is 1. The normalized spacial score (nSPS) is 18.3. The average Bonchev–Trinajstić information content (AvgIpc) is 2.91. The number of rotatable bonds is 6. The van der Waals surface area contributed by atoms with E-state index in [0.29, 0.717) is 18.2 Å². The lowest BCUT2D eigenvalue weighted by Crippen LogP contribution is -3.09. The molecule has 2 amide bonds. The Hall–Kier alpha value is -2.37. The minimum absolute atomic E-state index is 0.124. The second-order valence-corrected chi connectivity index (χ2v) is 7.01. The zero-order chi connectivity index (χ0) is 18.7. The molecule has 0 bridgehead atoms. The standard InChI is InChI=1S/C20H21ClN2O3/c1-22(12-15-10-16(21)8-9-18(15)26-2)13-23-19(24)11-17(20(23)25)14-6-4-3-5-7-14/h3-10,17H,11-13H2,1-2H3/p+1/t17-/m0/s1. The molecule has 0 aromatic heterocycles. The van der Waals surface area contributed by atoms with Crippen LogP contribution in [0.2, 0.25) is 5.02 Å². The van der Waals surface area contributed by atoms with Crippen LogP contribution >= 0.6 is 11.6 Å². The summed E-state index contributed by atoms with van der Waals surface area (Å²) < 4.78 is 5.37. The summed E-state index contributed by atoms with van der Waals surface area (Å²) >= 11 is 6.08. The lowest BCUT2D eigenvalue weighted by molar-refractivity contribution is -0.901. The number of nitrogens with zero attached hydrogens (tertiary/aromatic N) is 1. The molecule has 1 unspecified atom stereocenters. The minimum Gasteiger partial charge on any atom is -0.496 e. The van der Waals surface area contributed by atoms with Crippen LogP contribution in [0.25, 0.3) is 0 Å². The number of ether oxygens (including phenoxy) is 1. The fraction of sp³-hybridized carbons (Fsp3) is 0.300. The molecular weight excluding hydrogens is 352 g/mol. The molecule has 1 N–H and O–H groups in total. The third kappa shape index (κ3) is 3.89. The van der Waals surface area contributed by atoms with Crippen LogP contribution in [0.5, 0.6) is 5.75 Å². The van der Waals surface area contributed by atoms with Gasteiger partial charge in [0.15, 0.2) is 6.67 Å². The van der Waals surface area contributed by atoms with Crippen LogP contribution < -0.4 is 9.64 Å². The molecule has 0 saturated carbocycles. The van der Waals surface area contributed by atoms with Crippen molar-refractivity contribution < 1.29 is 19.2 Å². The van der Waals surface area contributed by atoms with Gasteiger partial charge in [0.2, 0.25) is 11.8 Å². The summed E-state index contributed by atoms with van der Waals surface area (Å²) in [6, 6.07) is 14.9. The van der Waals surface area contributed by atoms with E-state index < -0.39 is 0 Å². The molecule has 0 spiro atoms. The molecule has 2 aromatic carbocycles. The monoisotopic (exact) mass is 373 g/mol. The minimum atomic E-state index is -0.378. The molecule has 0 radical (unpaired) electrons. The van der Waals surface area contributed by atoms with E-state index in [1.165, 1.54) is 4.90 Å². The lowest BCUT2D eigenvalue weighted by atomic mass is 9.98. The van der Waals surface area contributed by atoms with Crippen molar-refractivity contribution in [1.29, 1.82) is 0 Å². The summed E-state index contributed by atoms with van der Waals surface area (Å²) in [7, 11) is 3.55. The number of carbonyl (C=O) groups excluding carboxylic acids is 2. The Labute approximate surface area is 158 Å². The molecule has 2 aromatic rings. The first-order valence-electron chi connectivity index (χ1n) is 8.52. The molecular formula is C20H22ClN2O3+. The number of amides is 2. The number of benzene rings is 2. The SMILES string of the molecule is COc1ccc(Cl)cc1C[NH+](C)CN1C(=O)C[C@@H](c2ccccc2)C1=O. The Kier molecular flexibility index (Phi) is 5.59. The number of carbonyl (C=O) groups is 2. The Balaban J connectivity index is 1.70. The van der Waals surface area contributed by atoms with E-state index in [-0.39, 0.29) is 24.2 Å². The molecule has 0 aliphatic carbocycles. The predicted molar refractivity (Wildman–Crippen MR) is 99.1 cm³/mol. The van der Waals surface area contributed by atoms with Crippen LogP contribution in [0.1, 0.15) is 23.5 Å². The molecule has 5 nitrogen and oxygen atoms in total. The molecule has 1 fully saturated rings. The molecule has 2 atom stereocenters. The van der Waals surface area contributed by atoms with Gasteiger partial charge in [-0.15, -0.1) is 0 Å². The summed E-state index contributed by atoms with van der Waals surface area (Å²) in [5, 5.41) is 0.631. The zero-order valence-electron chi connectivity index (χ0n) is 14.9. The van der Waals surface area contributed by atoms with Gasteiger partial charge in [-0.3, -0.25) is 9.59 Å². The summed E-state index contributed by atoms with van der Waals surface area (Å²) in [5.41, 5.74) is 1.83. The van der Waals surface area contributed by atoms with E-state index in [2.05, 4.69) is 0 Å². The second-order valence-electron chi connectivity index (χ2n) is 6.58. The Morgan fingerprint density at radius 1 is 1.19 bits per heavy atom. The second kappa shape index (κ2) is 7.89. The van der Waals surface area contributed by atoms with E-state index in [1.54, 1.807) is 13.2 Å². The van der Waals surface area contributed by atoms with Gasteiger partial charge in [0.05, 0.1) is 20.1 Å². The van der Waals surface area contributed by atoms with Gasteiger partial charge < -0.3 is 9.64 Å². The van der Waals surface area contributed by atoms with Crippen molar-refractivity contribution in [1.82, 2.24) is 4.90 Å². The molecule has 1 heterocycles. The van der Waals surface area contributed by atoms with Gasteiger partial charge in [-0.25, -0.2) is 4.90 Å². The highest BCUT2D eigenvalue weighted by atomic mass is 35.5. The molecule has 26 heavy (non-hydrogen) atoms. The summed E-state index contributed by atoms with van der Waals surface area (Å²) in [6.07, 6.45) is 0.233. The highest BCUT2D eigenvalue weighted by Crippen LogP contribution is 2.28. The van der Waals surface area contributed by atoms with E-state index in [4.69, 9.17) is 16.3 Å². The van der Waals surface area contributed by atoms with Crippen molar-refractivity contribution >= 4 is 23.4 Å². The van der Waals surface area contributed by atoms with E-state index >= 15 is 0 Å². The van der Waals surface area contributed by atoms with E-state index in [9.17, 15) is 9.59 Å². The lowest BCUT2D eigenvalue weighted by Gasteiger charge is -2.21. The Morgan fingerprint density at radius 3 is 2.62 bits per heavy atom. The number of nitrogens with one attached hydrogen (secondary N) is 1. The van der Waals surface area contributed by atoms with Gasteiger partial charge in [0.25, 0.3) is 0 Å². The van der Waals surface area contributed by atoms with Crippen LogP contribution in [-0.2, 0) is 16.1 Å². The molecule has 3 rings (SSSR count). The molecule has 1 aliphatic rings. The maximum Gasteiger partial charge on any atom is 0.241 e. The molecule has 1 saturated heterocycles. The predicted octanol–water partition coefficient (Wildman–Crippen LogP) is 1.86. The number of hydrogen-bond acceptors (Lipinski definition) is 3. The van der Waals surface area contributed by atoms with Crippen molar-refractivity contribution in [2.24, 2.45) is 0 Å². The topological polar surface area (TPSA) is 51.1 Å². The maximum absolute atomic E-state index is 12.7. The zero-order valence-corrected chi connectivity index (χ0v) is 15.6. The van der Waals surface area contributed by atoms with Gasteiger partial charge >= 0.3 is 0 Å². The largest absolute Gasteiger partial charge is 0.496 e. The van der Waals surface area contributed by atoms with Gasteiger partial charge in [-0.05, 0) is 23.8 Å². The molecule has 136 valence electrons. The third-order valence-corrected chi connectivity index (χ3v) is 4.84. The van der Waals surface area contributed by atoms with Crippen LogP contribution in [0.4, 0.5) is 0 Å². The fourth-order valence-electron chi connectivity index (χ4n) is 3.33. The van der Waals surface area contributed by atoms with Crippen LogP contribution in [-0.4, -0.2) is 37.5 Å². The summed E-state index contributed by atoms with van der Waals surface area (Å²) in [4.78, 5) is 27.5. The highest BCUT2D eigenvalue weighted by Gasteiger charge is 2.40. The Morgan fingerprint density at radius 2 is 1.92 bits per heavy atom. The summed E-state index contributed by atoms with van der Waals surface area (Å²) in [6.45, 7) is 0.910. The van der Waals surface area contributed by atoms with Gasteiger partial charge in [-0.1, -0.05) is 41.9 Å². The maximum atomic E-state index is 12.7. The number of hydrogen-bond donors (Lipinski definition) is 1. The Bertz CT molecular complexity index is 810. The van der Waals surface area contributed by atoms with Crippen LogP contribution in [0, 0.1) is 0 Å². The highest BCUT2D eigenvalue weighted by molar-refractivity contribution is 6.30. The number of likely N-dealkylation sites (tertiary alicyclic amines) is 1. The van der Waals surface area contributed by atoms with Crippen LogP contribution in [0.15, 0.2) is 48.5 Å². The van der Waals surface area contributed by atoms with E-state index in [0.717, 1.165) is 21.8 Å². The van der Waals surface area contributed by atoms with E-state index in [1.807, 2.05) is 49.5 Å². The van der Waals surface area contributed by atoms with Crippen molar-refractivity contribution in [3.05, 3.63) is 64.7 Å². The molecule has 1 aliphatic heterocycles. The first kappa shape index (κ1) is 18.4. The molecule has 6 heteroatoms. The first-order chi connectivity index (χ1) is 12.5. The number of halogens is 1. The van der Waals surface area contributed by atoms with Crippen molar-refractivity contribution in [3.63, 3.8) is 0 Å². The fourth-order valence-corrected chi connectivity index (χ4v) is 3.53. The number of quaternary nitrogens is 1. The van der Waals surface area contributed by atoms with Gasteiger partial charge in [-0.2, -0.15) is 0 Å². The van der Waals surface area contributed by atoms with Crippen molar-refractivity contribution in [2.75, 3.05) is 20.8 Å². The van der Waals surface area contributed by atoms with Gasteiger partial charge in [0, 0.05) is 17.0 Å².